The lowest BCUT2D eigenvalue weighted by molar-refractivity contribution is 0.414. The lowest BCUT2D eigenvalue weighted by atomic mass is 10.1. The maximum Gasteiger partial charge on any atom is 0.118 e. The quantitative estimate of drug-likeness (QED) is 0.141. The molecule has 0 aliphatic carbocycles. The zero-order chi connectivity index (χ0) is 23.8. The highest BCUT2D eigenvalue weighted by Gasteiger charge is 2.16. The fourth-order valence-electron chi connectivity index (χ4n) is 3.73. The molecule has 168 valence electrons. The summed E-state index contributed by atoms with van der Waals surface area (Å²) in [4.78, 5) is 3.00. The van der Waals surface area contributed by atoms with Crippen LogP contribution >= 0.6 is 0 Å². The Morgan fingerprint density at radius 1 is 0.853 bits per heavy atom. The Bertz CT molecular complexity index is 1360. The van der Waals surface area contributed by atoms with Gasteiger partial charge in [0.1, 0.15) is 11.5 Å². The van der Waals surface area contributed by atoms with Gasteiger partial charge in [0, 0.05) is 34.0 Å². The topological polar surface area (TPSA) is 72.2 Å². The van der Waals surface area contributed by atoms with Gasteiger partial charge in [-0.3, -0.25) is 0 Å². The minimum atomic E-state index is 0.201. The van der Waals surface area contributed by atoms with E-state index in [0.29, 0.717) is 6.54 Å². The maximum absolute atomic E-state index is 9.03. The van der Waals surface area contributed by atoms with Crippen molar-refractivity contribution in [2.75, 3.05) is 14.2 Å². The van der Waals surface area contributed by atoms with Crippen LogP contribution in [0.5, 0.6) is 11.5 Å². The van der Waals surface area contributed by atoms with Crippen molar-refractivity contribution in [3.63, 3.8) is 0 Å². The predicted octanol–water partition coefficient (Wildman–Crippen LogP) is 6.43. The summed E-state index contributed by atoms with van der Waals surface area (Å²) < 4.78 is 12.7. The average Bonchev–Trinajstić information content (AvgIpc) is 3.23. The lowest BCUT2D eigenvalue weighted by Crippen LogP contribution is -2.06. The molecular formula is C28H24N4O2. The third kappa shape index (κ3) is 5.24. The Morgan fingerprint density at radius 3 is 2.12 bits per heavy atom. The Balaban J connectivity index is 1.84. The molecule has 3 aromatic carbocycles. The van der Waals surface area contributed by atoms with E-state index in [-0.39, 0.29) is 6.54 Å². The number of aromatic nitrogens is 1. The van der Waals surface area contributed by atoms with E-state index in [1.165, 1.54) is 0 Å². The van der Waals surface area contributed by atoms with Crippen LogP contribution in [0.15, 0.2) is 90.0 Å². The van der Waals surface area contributed by atoms with Crippen molar-refractivity contribution in [2.45, 2.75) is 13.1 Å². The molecule has 0 bridgehead atoms. The molecule has 34 heavy (non-hydrogen) atoms. The van der Waals surface area contributed by atoms with Gasteiger partial charge in [-0.05, 0) is 71.3 Å². The second-order valence-electron chi connectivity index (χ2n) is 7.56. The average molecular weight is 449 g/mol. The van der Waals surface area contributed by atoms with E-state index in [1.807, 2.05) is 66.7 Å². The van der Waals surface area contributed by atoms with Crippen molar-refractivity contribution >= 4 is 0 Å². The number of azide groups is 1. The molecule has 0 spiro atoms. The third-order valence-electron chi connectivity index (χ3n) is 5.49. The second-order valence-corrected chi connectivity index (χ2v) is 7.56. The highest BCUT2D eigenvalue weighted by atomic mass is 16.5. The summed E-state index contributed by atoms with van der Waals surface area (Å²) in [6.07, 6.45) is 0. The summed E-state index contributed by atoms with van der Waals surface area (Å²) in [6.45, 7) is 0.828. The standard InChI is InChI=1S/C28H24N4O2/c1-33-25-14-9-21(10-15-25)8-11-24-18-27(23-12-16-26(34-2)17-13-23)32(28(24)19-30-31-29)20-22-6-4-3-5-7-22/h3-7,9-10,12-18H,19-20H2,1-2H3. The van der Waals surface area contributed by atoms with Gasteiger partial charge in [0.2, 0.25) is 0 Å². The van der Waals surface area contributed by atoms with E-state index in [1.54, 1.807) is 14.2 Å². The molecule has 0 aliphatic heterocycles. The number of hydrogen-bond donors (Lipinski definition) is 0. The van der Waals surface area contributed by atoms with Gasteiger partial charge >= 0.3 is 0 Å². The second kappa shape index (κ2) is 10.8. The summed E-state index contributed by atoms with van der Waals surface area (Å²) in [5.41, 5.74) is 14.8. The number of rotatable bonds is 7. The van der Waals surface area contributed by atoms with Gasteiger partial charge in [0.15, 0.2) is 0 Å². The molecule has 0 aliphatic rings. The first-order chi connectivity index (χ1) is 16.7. The van der Waals surface area contributed by atoms with Crippen molar-refractivity contribution in [3.05, 3.63) is 118 Å². The lowest BCUT2D eigenvalue weighted by Gasteiger charge is -2.14. The minimum absolute atomic E-state index is 0.201. The van der Waals surface area contributed by atoms with Gasteiger partial charge in [-0.15, -0.1) is 0 Å². The summed E-state index contributed by atoms with van der Waals surface area (Å²) in [5, 5.41) is 3.87. The molecule has 4 rings (SSSR count). The molecule has 6 nitrogen and oxygen atoms in total. The van der Waals surface area contributed by atoms with E-state index in [4.69, 9.17) is 15.0 Å². The van der Waals surface area contributed by atoms with E-state index >= 15 is 0 Å². The van der Waals surface area contributed by atoms with Crippen LogP contribution in [0.4, 0.5) is 0 Å². The molecule has 0 saturated heterocycles. The molecule has 0 N–H and O–H groups in total. The van der Waals surface area contributed by atoms with Gasteiger partial charge in [-0.1, -0.05) is 47.3 Å². The van der Waals surface area contributed by atoms with Crippen LogP contribution in [-0.4, -0.2) is 18.8 Å². The Labute approximate surface area is 199 Å². The Kier molecular flexibility index (Phi) is 7.19. The molecule has 0 saturated carbocycles. The van der Waals surface area contributed by atoms with Crippen molar-refractivity contribution < 1.29 is 9.47 Å². The summed E-state index contributed by atoms with van der Waals surface area (Å²) >= 11 is 0. The minimum Gasteiger partial charge on any atom is -0.497 e. The maximum atomic E-state index is 9.03. The highest BCUT2D eigenvalue weighted by Crippen LogP contribution is 2.29. The molecule has 0 radical (unpaired) electrons. The summed E-state index contributed by atoms with van der Waals surface area (Å²) in [6, 6.07) is 27.8. The largest absolute Gasteiger partial charge is 0.497 e. The van der Waals surface area contributed by atoms with Crippen molar-refractivity contribution in [3.8, 4) is 34.6 Å². The van der Waals surface area contributed by atoms with Gasteiger partial charge in [-0.25, -0.2) is 0 Å². The van der Waals surface area contributed by atoms with Crippen molar-refractivity contribution in [2.24, 2.45) is 5.11 Å². The smallest absolute Gasteiger partial charge is 0.118 e. The number of nitrogens with zero attached hydrogens (tertiary/aromatic N) is 4. The number of hydrogen-bond acceptors (Lipinski definition) is 3. The van der Waals surface area contributed by atoms with Crippen LogP contribution in [-0.2, 0) is 13.1 Å². The third-order valence-corrected chi connectivity index (χ3v) is 5.49. The molecule has 0 atom stereocenters. The Hall–Kier alpha value is -4.59. The normalized spacial score (nSPS) is 10.1. The Morgan fingerprint density at radius 2 is 1.50 bits per heavy atom. The van der Waals surface area contributed by atoms with Crippen LogP contribution in [0, 0.1) is 11.8 Å². The summed E-state index contributed by atoms with van der Waals surface area (Å²) in [7, 11) is 3.29. The molecular weight excluding hydrogens is 424 g/mol. The van der Waals surface area contributed by atoms with Crippen LogP contribution in [0.25, 0.3) is 21.7 Å². The number of methoxy groups -OCH3 is 2. The van der Waals surface area contributed by atoms with Gasteiger partial charge in [-0.2, -0.15) is 0 Å². The highest BCUT2D eigenvalue weighted by molar-refractivity contribution is 5.66. The molecule has 0 amide bonds. The molecule has 1 heterocycles. The SMILES string of the molecule is COc1ccc(C#Cc2cc(-c3ccc(OC)cc3)n(Cc3ccccc3)c2CN=[N+]=[N-])cc1. The van der Waals surface area contributed by atoms with Crippen LogP contribution in [0.2, 0.25) is 0 Å². The van der Waals surface area contributed by atoms with Gasteiger partial charge in [0.25, 0.3) is 0 Å². The predicted molar refractivity (Wildman–Crippen MR) is 134 cm³/mol. The van der Waals surface area contributed by atoms with E-state index in [9.17, 15) is 0 Å². The first-order valence-electron chi connectivity index (χ1n) is 10.8. The van der Waals surface area contributed by atoms with Gasteiger partial charge < -0.3 is 14.0 Å². The van der Waals surface area contributed by atoms with E-state index in [2.05, 4.69) is 44.6 Å². The van der Waals surface area contributed by atoms with Crippen LogP contribution in [0.1, 0.15) is 22.4 Å². The number of ether oxygens (including phenoxy) is 2. The van der Waals surface area contributed by atoms with Crippen molar-refractivity contribution in [1.82, 2.24) is 4.57 Å². The van der Waals surface area contributed by atoms with E-state index in [0.717, 1.165) is 45.1 Å². The van der Waals surface area contributed by atoms with Crippen molar-refractivity contribution in [1.29, 1.82) is 0 Å². The number of benzene rings is 3. The fraction of sp³-hybridized carbons (Fsp3) is 0.143. The molecule has 4 aromatic rings. The summed E-state index contributed by atoms with van der Waals surface area (Å²) in [5.74, 6) is 8.10. The molecule has 6 heteroatoms. The van der Waals surface area contributed by atoms with Crippen LogP contribution < -0.4 is 9.47 Å². The first-order valence-corrected chi connectivity index (χ1v) is 10.8. The van der Waals surface area contributed by atoms with E-state index < -0.39 is 0 Å². The zero-order valence-electron chi connectivity index (χ0n) is 19.1. The fourth-order valence-corrected chi connectivity index (χ4v) is 3.73. The van der Waals surface area contributed by atoms with Crippen LogP contribution in [0.3, 0.4) is 0 Å². The molecule has 0 unspecified atom stereocenters. The first kappa shape index (κ1) is 22.6. The monoisotopic (exact) mass is 448 g/mol. The molecule has 1 aromatic heterocycles. The van der Waals surface area contributed by atoms with Gasteiger partial charge in [0.05, 0.1) is 20.8 Å². The molecule has 0 fully saturated rings. The zero-order valence-corrected chi connectivity index (χ0v) is 19.1.